The molecule has 84 valence electrons. The summed E-state index contributed by atoms with van der Waals surface area (Å²) < 4.78 is 0. The summed E-state index contributed by atoms with van der Waals surface area (Å²) in [5, 5.41) is 9.48. The van der Waals surface area contributed by atoms with Crippen LogP contribution in [0, 0.1) is 0 Å². The van der Waals surface area contributed by atoms with E-state index >= 15 is 0 Å². The molecule has 0 saturated heterocycles. The van der Waals surface area contributed by atoms with Gasteiger partial charge in [-0.1, -0.05) is 6.07 Å². The molecule has 1 aromatic heterocycles. The Labute approximate surface area is 98.8 Å². The van der Waals surface area contributed by atoms with Gasteiger partial charge in [-0.15, -0.1) is 0 Å². The van der Waals surface area contributed by atoms with Gasteiger partial charge in [0.1, 0.15) is 5.75 Å². The van der Waals surface area contributed by atoms with E-state index in [1.54, 1.807) is 30.5 Å². The fourth-order valence-corrected chi connectivity index (χ4v) is 2.24. The van der Waals surface area contributed by atoms with Crippen LogP contribution < -0.4 is 0 Å². The Bertz CT molecular complexity index is 605. The summed E-state index contributed by atoms with van der Waals surface area (Å²) in [7, 11) is 0. The van der Waals surface area contributed by atoms with Gasteiger partial charge in [0.25, 0.3) is 0 Å². The van der Waals surface area contributed by atoms with Gasteiger partial charge in [-0.25, -0.2) is 0 Å². The summed E-state index contributed by atoms with van der Waals surface area (Å²) in [6.07, 6.45) is 3.25. The minimum Gasteiger partial charge on any atom is -0.508 e. The summed E-state index contributed by atoms with van der Waals surface area (Å²) in [5.41, 5.74) is 3.06. The van der Waals surface area contributed by atoms with Crippen LogP contribution in [0.4, 0.5) is 0 Å². The predicted octanol–water partition coefficient (Wildman–Crippen LogP) is 2.12. The standard InChI is InChI=1S/C14H11NO2/c16-10-5-3-9-4-6-13-11(2-1-7-15-13)14(17)12(9)8-10/h1-3,5,7-8,16H,4,6H2. The van der Waals surface area contributed by atoms with Gasteiger partial charge in [0.15, 0.2) is 5.78 Å². The highest BCUT2D eigenvalue weighted by molar-refractivity contribution is 6.11. The smallest absolute Gasteiger partial charge is 0.195 e. The normalized spacial score (nSPS) is 13.8. The minimum atomic E-state index is -0.0449. The number of phenols is 1. The first-order valence-electron chi connectivity index (χ1n) is 5.56. The van der Waals surface area contributed by atoms with Gasteiger partial charge in [-0.2, -0.15) is 0 Å². The maximum Gasteiger partial charge on any atom is 0.195 e. The second kappa shape index (κ2) is 3.70. The van der Waals surface area contributed by atoms with E-state index in [1.807, 2.05) is 6.07 Å². The van der Waals surface area contributed by atoms with E-state index in [9.17, 15) is 9.90 Å². The monoisotopic (exact) mass is 225 g/mol. The van der Waals surface area contributed by atoms with E-state index in [4.69, 9.17) is 0 Å². The molecule has 0 radical (unpaired) electrons. The molecule has 1 N–H and O–H groups in total. The van der Waals surface area contributed by atoms with Crippen molar-refractivity contribution in [3.63, 3.8) is 0 Å². The number of fused-ring (bicyclic) bond motifs is 2. The number of rotatable bonds is 0. The average molecular weight is 225 g/mol. The van der Waals surface area contributed by atoms with Gasteiger partial charge in [-0.3, -0.25) is 9.78 Å². The molecule has 1 aliphatic carbocycles. The Morgan fingerprint density at radius 3 is 2.88 bits per heavy atom. The zero-order valence-corrected chi connectivity index (χ0v) is 9.18. The fraction of sp³-hybridized carbons (Fsp3) is 0.143. The maximum absolute atomic E-state index is 12.3. The molecule has 0 atom stereocenters. The van der Waals surface area contributed by atoms with Crippen LogP contribution >= 0.6 is 0 Å². The van der Waals surface area contributed by atoms with Crippen molar-refractivity contribution in [2.75, 3.05) is 0 Å². The SMILES string of the molecule is O=C1c2cc(O)ccc2CCc2ncccc21. The van der Waals surface area contributed by atoms with Crippen molar-refractivity contribution in [1.82, 2.24) is 4.98 Å². The number of aryl methyl sites for hydroxylation is 2. The molecule has 1 heterocycles. The number of carbonyl (C=O) groups is 1. The Morgan fingerprint density at radius 1 is 1.12 bits per heavy atom. The molecule has 0 unspecified atom stereocenters. The van der Waals surface area contributed by atoms with Gasteiger partial charge < -0.3 is 5.11 Å². The lowest BCUT2D eigenvalue weighted by atomic mass is 10.00. The number of ketones is 1. The van der Waals surface area contributed by atoms with Crippen LogP contribution in [0.1, 0.15) is 27.2 Å². The molecule has 1 aromatic carbocycles. The summed E-state index contributed by atoms with van der Waals surface area (Å²) in [4.78, 5) is 16.6. The summed E-state index contributed by atoms with van der Waals surface area (Å²) in [5.74, 6) is 0.0842. The summed E-state index contributed by atoms with van der Waals surface area (Å²) in [6, 6.07) is 8.54. The number of benzene rings is 1. The molecule has 1 aliphatic rings. The van der Waals surface area contributed by atoms with Crippen LogP contribution in [0.2, 0.25) is 0 Å². The molecule has 0 bridgehead atoms. The number of phenolic OH excluding ortho intramolecular Hbond substituents is 1. The van der Waals surface area contributed by atoms with Crippen molar-refractivity contribution in [2.45, 2.75) is 12.8 Å². The summed E-state index contributed by atoms with van der Waals surface area (Å²) in [6.45, 7) is 0. The maximum atomic E-state index is 12.3. The third kappa shape index (κ3) is 1.60. The molecular formula is C14H11NO2. The van der Waals surface area contributed by atoms with E-state index in [0.29, 0.717) is 11.1 Å². The van der Waals surface area contributed by atoms with Crippen LogP contribution in [0.3, 0.4) is 0 Å². The molecule has 3 heteroatoms. The second-order valence-corrected chi connectivity index (χ2v) is 4.17. The number of hydrogen-bond donors (Lipinski definition) is 1. The van der Waals surface area contributed by atoms with Crippen LogP contribution in [0.5, 0.6) is 5.75 Å². The largest absolute Gasteiger partial charge is 0.508 e. The zero-order chi connectivity index (χ0) is 11.8. The predicted molar refractivity (Wildman–Crippen MR) is 63.2 cm³/mol. The van der Waals surface area contributed by atoms with Crippen molar-refractivity contribution in [3.05, 3.63) is 58.9 Å². The third-order valence-corrected chi connectivity index (χ3v) is 3.10. The molecule has 0 aliphatic heterocycles. The molecule has 0 saturated carbocycles. The molecular weight excluding hydrogens is 214 g/mol. The number of aromatic nitrogens is 1. The highest BCUT2D eigenvalue weighted by atomic mass is 16.3. The van der Waals surface area contributed by atoms with Gasteiger partial charge in [-0.05, 0) is 42.7 Å². The van der Waals surface area contributed by atoms with Crippen molar-refractivity contribution in [2.24, 2.45) is 0 Å². The minimum absolute atomic E-state index is 0.0449. The van der Waals surface area contributed by atoms with Crippen LogP contribution in [-0.4, -0.2) is 15.9 Å². The summed E-state index contributed by atoms with van der Waals surface area (Å²) >= 11 is 0. The van der Waals surface area contributed by atoms with E-state index in [0.717, 1.165) is 24.1 Å². The highest BCUT2D eigenvalue weighted by Crippen LogP contribution is 2.25. The topological polar surface area (TPSA) is 50.2 Å². The van der Waals surface area contributed by atoms with Crippen molar-refractivity contribution >= 4 is 5.78 Å². The van der Waals surface area contributed by atoms with E-state index in [-0.39, 0.29) is 11.5 Å². The van der Waals surface area contributed by atoms with E-state index < -0.39 is 0 Å². The lowest BCUT2D eigenvalue weighted by Crippen LogP contribution is -2.04. The molecule has 3 nitrogen and oxygen atoms in total. The number of aromatic hydroxyl groups is 1. The first-order valence-corrected chi connectivity index (χ1v) is 5.56. The van der Waals surface area contributed by atoms with Crippen molar-refractivity contribution in [1.29, 1.82) is 0 Å². The molecule has 0 amide bonds. The molecule has 0 spiro atoms. The number of carbonyl (C=O) groups excluding carboxylic acids is 1. The quantitative estimate of drug-likeness (QED) is 0.747. The molecule has 3 rings (SSSR count). The molecule has 0 fully saturated rings. The fourth-order valence-electron chi connectivity index (χ4n) is 2.24. The lowest BCUT2D eigenvalue weighted by Gasteiger charge is -2.04. The van der Waals surface area contributed by atoms with E-state index in [1.165, 1.54) is 0 Å². The lowest BCUT2D eigenvalue weighted by molar-refractivity contribution is 0.103. The van der Waals surface area contributed by atoms with Crippen LogP contribution in [-0.2, 0) is 12.8 Å². The van der Waals surface area contributed by atoms with Gasteiger partial charge in [0.2, 0.25) is 0 Å². The Hall–Kier alpha value is -2.16. The Balaban J connectivity index is 2.22. The number of pyridine rings is 1. The average Bonchev–Trinajstić information content (AvgIpc) is 2.49. The first-order chi connectivity index (χ1) is 8.25. The molecule has 17 heavy (non-hydrogen) atoms. The third-order valence-electron chi connectivity index (χ3n) is 3.10. The van der Waals surface area contributed by atoms with Crippen LogP contribution in [0.25, 0.3) is 0 Å². The van der Waals surface area contributed by atoms with Gasteiger partial charge >= 0.3 is 0 Å². The van der Waals surface area contributed by atoms with Crippen molar-refractivity contribution < 1.29 is 9.90 Å². The second-order valence-electron chi connectivity index (χ2n) is 4.17. The highest BCUT2D eigenvalue weighted by Gasteiger charge is 2.21. The van der Waals surface area contributed by atoms with Gasteiger partial charge in [0, 0.05) is 17.3 Å². The Morgan fingerprint density at radius 2 is 2.00 bits per heavy atom. The zero-order valence-electron chi connectivity index (χ0n) is 9.18. The van der Waals surface area contributed by atoms with E-state index in [2.05, 4.69) is 4.98 Å². The van der Waals surface area contributed by atoms with Gasteiger partial charge in [0.05, 0.1) is 5.69 Å². The number of nitrogens with zero attached hydrogens (tertiary/aromatic N) is 1. The molecule has 2 aromatic rings. The van der Waals surface area contributed by atoms with Crippen LogP contribution in [0.15, 0.2) is 36.5 Å². The first kappa shape index (κ1) is 10.0. The Kier molecular flexibility index (Phi) is 2.18. The number of hydrogen-bond acceptors (Lipinski definition) is 3. The van der Waals surface area contributed by atoms with Crippen molar-refractivity contribution in [3.8, 4) is 5.75 Å².